The summed E-state index contributed by atoms with van der Waals surface area (Å²) in [5.74, 6) is -51.0. The Kier molecular flexibility index (Phi) is 25.4. The van der Waals surface area contributed by atoms with Crippen molar-refractivity contribution in [2.75, 3.05) is 12.3 Å². The van der Waals surface area contributed by atoms with E-state index in [1.54, 1.807) is 0 Å². The van der Waals surface area contributed by atoms with E-state index in [9.17, 15) is 17.6 Å². The van der Waals surface area contributed by atoms with Crippen LogP contribution in [-0.2, 0) is 0 Å². The van der Waals surface area contributed by atoms with Gasteiger partial charge in [-0.15, -0.1) is 46.1 Å². The highest BCUT2D eigenvalue weighted by Gasteiger charge is 2.73. The van der Waals surface area contributed by atoms with Crippen LogP contribution in [0.25, 0.3) is 0 Å². The van der Waals surface area contributed by atoms with Gasteiger partial charge in [-0.2, -0.15) is 0 Å². The van der Waals surface area contributed by atoms with Crippen LogP contribution in [0.5, 0.6) is 0 Å². The molecule has 0 aromatic heterocycles. The standard InChI is InChI=1S/2C39H36BF10P.3C6H6/c2*1-16-11-18(3)37(19(4)12-16)51(38-20(5)13-17(2)14-21(38)6)10-9-40(24-22-7-8-23(15-22)39(24)51,25-27(41)31(45)35(49)32(46)28(25)42)26-29(43)33(47)36(50)34(48)30(26)44;3*1-2-4-6-5-3-1/h2*11-14,22-24,39H,7-10,15H2,1-6H3;3*1-6H/t2*22-,23+,24+,39-;;;/m10.../s1. The molecule has 4 bridgehead atoms. The molecule has 8 atom stereocenters. The van der Waals surface area contributed by atoms with Crippen LogP contribution in [0.3, 0.4) is 0 Å². The highest BCUT2D eigenvalue weighted by atomic mass is 31.2. The summed E-state index contributed by atoms with van der Waals surface area (Å²) >= 11 is 0. The van der Waals surface area contributed by atoms with Crippen molar-refractivity contribution < 1.29 is 87.8 Å². The van der Waals surface area contributed by atoms with Crippen LogP contribution in [0, 0.1) is 223 Å². The fourth-order valence-corrected chi connectivity index (χ4v) is 39.1. The minimum atomic E-state index is -3.87. The fourth-order valence-electron chi connectivity index (χ4n) is 24.6. The van der Waals surface area contributed by atoms with E-state index in [-0.39, 0.29) is 24.2 Å². The van der Waals surface area contributed by atoms with Crippen molar-refractivity contribution in [2.24, 2.45) is 23.7 Å². The summed E-state index contributed by atoms with van der Waals surface area (Å²) < 4.78 is 311. The molecule has 2 saturated heterocycles. The molecule has 0 amide bonds. The topological polar surface area (TPSA) is 0 Å². The molecule has 6 aliphatic rings. The molecular formula is C96H90B2F20P2. The van der Waals surface area contributed by atoms with Gasteiger partial charge in [0.25, 0.3) is 0 Å². The first-order chi connectivity index (χ1) is 56.8. The quantitative estimate of drug-likeness (QED) is 0.0468. The second-order valence-electron chi connectivity index (χ2n) is 34.2. The molecule has 0 spiro atoms. The molecular weight excluding hydrogens is 1620 g/mol. The van der Waals surface area contributed by atoms with Gasteiger partial charge in [0.05, 0.1) is 38.1 Å². The first-order valence-corrected chi connectivity index (χ1v) is 44.4. The number of hydrogen-bond acceptors (Lipinski definition) is 0. The minimum Gasteiger partial charge on any atom is -0.207 e. The average molecular weight is 1710 g/mol. The molecule has 630 valence electrons. The Morgan fingerprint density at radius 3 is 0.533 bits per heavy atom. The molecule has 0 N–H and O–H groups in total. The number of aryl methyl sites for hydroxylation is 12. The first-order valence-electron chi connectivity index (χ1n) is 40.3. The van der Waals surface area contributed by atoms with E-state index in [1.165, 1.54) is 0 Å². The Balaban J connectivity index is 0.000000171. The van der Waals surface area contributed by atoms with Crippen molar-refractivity contribution in [1.82, 2.24) is 0 Å². The molecule has 6 fully saturated rings. The monoisotopic (exact) mass is 1710 g/mol. The van der Waals surface area contributed by atoms with E-state index in [0.29, 0.717) is 38.5 Å². The highest BCUT2D eigenvalue weighted by Crippen LogP contribution is 2.81. The van der Waals surface area contributed by atoms with Gasteiger partial charge in [-0.05, 0) is 165 Å². The van der Waals surface area contributed by atoms with Crippen LogP contribution in [0.1, 0.15) is 105 Å². The van der Waals surface area contributed by atoms with Crippen LogP contribution in [-0.4, -0.2) is 35.9 Å². The molecule has 11 aromatic rings. The average Bonchev–Trinajstić information content (AvgIpc) is 1.48. The smallest absolute Gasteiger partial charge is 0.200 e. The maximum absolute atomic E-state index is 16.3. The van der Waals surface area contributed by atoms with Crippen LogP contribution >= 0.6 is 14.5 Å². The summed E-state index contributed by atoms with van der Waals surface area (Å²) in [6, 6.07) is 52.2. The van der Waals surface area contributed by atoms with E-state index in [1.807, 2.05) is 241 Å². The second kappa shape index (κ2) is 34.4. The maximum atomic E-state index is 16.3. The van der Waals surface area contributed by atoms with Gasteiger partial charge in [0.1, 0.15) is 67.8 Å². The lowest BCUT2D eigenvalue weighted by Crippen LogP contribution is -2.72. The highest BCUT2D eigenvalue weighted by molar-refractivity contribution is 7.91. The third-order valence-corrected chi connectivity index (χ3v) is 38.8. The summed E-state index contributed by atoms with van der Waals surface area (Å²) in [4.78, 5) is 0. The van der Waals surface area contributed by atoms with Gasteiger partial charge in [-0.25, -0.2) is 87.8 Å². The molecule has 11 aromatic carbocycles. The van der Waals surface area contributed by atoms with E-state index < -0.39 is 212 Å². The summed E-state index contributed by atoms with van der Waals surface area (Å²) in [7, 11) is -5.75. The predicted octanol–water partition coefficient (Wildman–Crippen LogP) is 23.7. The Hall–Kier alpha value is -8.99. The molecule has 24 heteroatoms. The number of benzene rings is 11. The summed E-state index contributed by atoms with van der Waals surface area (Å²) in [5.41, 5.74) is 4.13. The van der Waals surface area contributed by atoms with Gasteiger partial charge in [0.15, 0.2) is 69.8 Å². The predicted molar refractivity (Wildman–Crippen MR) is 445 cm³/mol. The van der Waals surface area contributed by atoms with Gasteiger partial charge in [-0.3, -0.25) is 0 Å². The first kappa shape index (κ1) is 88.8. The molecule has 4 saturated carbocycles. The normalized spacial score (nSPS) is 20.9. The van der Waals surface area contributed by atoms with Crippen molar-refractivity contribution in [3.8, 4) is 0 Å². The van der Waals surface area contributed by atoms with E-state index in [2.05, 4.69) is 0 Å². The van der Waals surface area contributed by atoms with Crippen LogP contribution in [0.2, 0.25) is 24.3 Å². The van der Waals surface area contributed by atoms with E-state index >= 15 is 70.2 Å². The van der Waals surface area contributed by atoms with Crippen LogP contribution < -0.4 is 43.1 Å². The molecule has 2 heterocycles. The molecule has 2 aliphatic heterocycles. The van der Waals surface area contributed by atoms with Crippen molar-refractivity contribution in [2.45, 2.75) is 157 Å². The van der Waals surface area contributed by atoms with Gasteiger partial charge in [0.2, 0.25) is 0 Å². The van der Waals surface area contributed by atoms with Crippen molar-refractivity contribution >= 4 is 69.9 Å². The third-order valence-electron chi connectivity index (χ3n) is 27.3. The summed E-state index contributed by atoms with van der Waals surface area (Å²) in [6.45, 7) is 23.4. The Morgan fingerprint density at radius 2 is 0.367 bits per heavy atom. The lowest BCUT2D eigenvalue weighted by atomic mass is 9.10. The molecule has 0 nitrogen and oxygen atoms in total. The Labute approximate surface area is 688 Å². The van der Waals surface area contributed by atoms with Crippen molar-refractivity contribution in [1.29, 1.82) is 0 Å². The fraction of sp³-hybridized carbons (Fsp3) is 0.312. The molecule has 0 unspecified atom stereocenters. The number of fused-ring (bicyclic) bond motifs is 10. The van der Waals surface area contributed by atoms with E-state index in [4.69, 9.17) is 0 Å². The Bertz CT molecular complexity index is 4860. The SMILES string of the molecule is Cc1cc(C)c([P+]2(c3c(C)cc(C)cc3C)CC[B-](c3c(F)c(F)c(F)c(F)c3F)(c3c(F)c(F)c(F)c(F)c3F)[C@@H]3[C@H]4CC[C@H](C4)[C@@H]32)c(C)c1.Cc1cc(C)c([P+]2(c3c(C)cc(C)cc3C)CC[B-](c3c(F)c(F)c(F)c(F)c3F)(c3c(F)c(F)c(F)c(F)c3F)[C@H]3[C@@H]4CC[C@@H](C4)[C@H]32)c(C)c1.c1ccccc1.c1ccccc1.c1ccccc1. The van der Waals surface area contributed by atoms with Gasteiger partial charge >= 0.3 is 0 Å². The second-order valence-corrected chi connectivity index (χ2v) is 41.5. The van der Waals surface area contributed by atoms with Crippen LogP contribution in [0.4, 0.5) is 87.8 Å². The Morgan fingerprint density at radius 1 is 0.217 bits per heavy atom. The van der Waals surface area contributed by atoms with Gasteiger partial charge in [0, 0.05) is 12.3 Å². The lowest BCUT2D eigenvalue weighted by Gasteiger charge is -2.60. The van der Waals surface area contributed by atoms with E-state index in [0.717, 1.165) is 88.0 Å². The lowest BCUT2D eigenvalue weighted by molar-refractivity contribution is 0.379. The van der Waals surface area contributed by atoms with Crippen molar-refractivity contribution in [3.63, 3.8) is 0 Å². The molecule has 120 heavy (non-hydrogen) atoms. The third kappa shape index (κ3) is 14.4. The van der Waals surface area contributed by atoms with Gasteiger partial charge in [-0.1, -0.05) is 205 Å². The minimum absolute atomic E-state index is 0.0220. The number of halogens is 20. The zero-order valence-electron chi connectivity index (χ0n) is 68.3. The largest absolute Gasteiger partial charge is 0.207 e. The van der Waals surface area contributed by atoms with Gasteiger partial charge < -0.3 is 0 Å². The zero-order valence-corrected chi connectivity index (χ0v) is 70.1. The molecule has 17 rings (SSSR count). The molecule has 0 radical (unpaired) electrons. The zero-order chi connectivity index (χ0) is 87.2. The summed E-state index contributed by atoms with van der Waals surface area (Å²) in [6.07, 6.45) is -6.05. The van der Waals surface area contributed by atoms with Crippen LogP contribution in [0.15, 0.2) is 158 Å². The number of rotatable bonds is 8. The maximum Gasteiger partial charge on any atom is 0.200 e. The molecule has 4 aliphatic carbocycles. The summed E-state index contributed by atoms with van der Waals surface area (Å²) in [5, 5.41) is 3.96. The number of hydrogen-bond donors (Lipinski definition) is 0. The van der Waals surface area contributed by atoms with Crippen molar-refractivity contribution in [3.05, 3.63) is 341 Å².